The lowest BCUT2D eigenvalue weighted by Crippen LogP contribution is -2.35. The summed E-state index contributed by atoms with van der Waals surface area (Å²) in [5, 5.41) is 5.67. The van der Waals surface area contributed by atoms with Gasteiger partial charge in [0.15, 0.2) is 11.5 Å². The van der Waals surface area contributed by atoms with Crippen molar-refractivity contribution in [3.63, 3.8) is 0 Å². The average Bonchev–Trinajstić information content (AvgIpc) is 3.40. The summed E-state index contributed by atoms with van der Waals surface area (Å²) in [7, 11) is 0. The third-order valence-corrected chi connectivity index (χ3v) is 5.69. The fourth-order valence-electron chi connectivity index (χ4n) is 4.12. The number of amides is 3. The second kappa shape index (κ2) is 8.26. The number of carbonyl (C=O) groups excluding carboxylic acids is 2. The molecule has 7 nitrogen and oxygen atoms in total. The number of nitrogens with zero attached hydrogens (tertiary/aromatic N) is 1. The monoisotopic (exact) mass is 429 g/mol. The molecule has 2 N–H and O–H groups in total. The number of hydrogen-bond donors (Lipinski definition) is 2. The molecule has 3 aromatic carbocycles. The molecule has 162 valence electrons. The summed E-state index contributed by atoms with van der Waals surface area (Å²) in [4.78, 5) is 27.3. The van der Waals surface area contributed by atoms with Crippen LogP contribution in [0, 0.1) is 0 Å². The molecule has 32 heavy (non-hydrogen) atoms. The van der Waals surface area contributed by atoms with E-state index in [-0.39, 0.29) is 24.8 Å². The lowest BCUT2D eigenvalue weighted by atomic mass is 10.1. The molecule has 0 aromatic heterocycles. The number of ether oxygens (including phenoxy) is 2. The van der Waals surface area contributed by atoms with Gasteiger partial charge in [0.25, 0.3) is 5.91 Å². The first-order valence-corrected chi connectivity index (χ1v) is 10.5. The fourth-order valence-corrected chi connectivity index (χ4v) is 4.12. The van der Waals surface area contributed by atoms with Crippen LogP contribution in [0.5, 0.6) is 11.5 Å². The van der Waals surface area contributed by atoms with E-state index in [1.165, 1.54) is 0 Å². The summed E-state index contributed by atoms with van der Waals surface area (Å²) in [6, 6.07) is 20.3. The van der Waals surface area contributed by atoms with Gasteiger partial charge in [0.1, 0.15) is 0 Å². The predicted octanol–water partition coefficient (Wildman–Crippen LogP) is 4.33. The zero-order valence-corrected chi connectivity index (χ0v) is 17.6. The second-order valence-electron chi connectivity index (χ2n) is 7.93. The fraction of sp³-hybridized carbons (Fsp3) is 0.200. The van der Waals surface area contributed by atoms with Gasteiger partial charge in [-0.25, -0.2) is 4.79 Å². The zero-order chi connectivity index (χ0) is 22.1. The minimum Gasteiger partial charge on any atom is -0.454 e. The van der Waals surface area contributed by atoms with Crippen molar-refractivity contribution in [3.05, 3.63) is 83.4 Å². The molecule has 0 radical (unpaired) electrons. The van der Waals surface area contributed by atoms with Crippen LogP contribution < -0.4 is 25.0 Å². The molecule has 1 atom stereocenters. The zero-order valence-electron chi connectivity index (χ0n) is 17.6. The van der Waals surface area contributed by atoms with E-state index in [0.29, 0.717) is 29.3 Å². The van der Waals surface area contributed by atoms with Crippen LogP contribution in [0.25, 0.3) is 0 Å². The molecule has 3 aromatic rings. The first kappa shape index (κ1) is 19.9. The quantitative estimate of drug-likeness (QED) is 0.647. The Labute approximate surface area is 185 Å². The number of anilines is 2. The summed E-state index contributed by atoms with van der Waals surface area (Å²) in [5.74, 6) is 1.26. The van der Waals surface area contributed by atoms with Gasteiger partial charge in [-0.1, -0.05) is 30.3 Å². The van der Waals surface area contributed by atoms with E-state index in [9.17, 15) is 9.59 Å². The molecule has 2 aliphatic rings. The van der Waals surface area contributed by atoms with E-state index in [1.807, 2.05) is 53.4 Å². The number of hydrogen-bond acceptors (Lipinski definition) is 4. The van der Waals surface area contributed by atoms with Gasteiger partial charge < -0.3 is 25.0 Å². The van der Waals surface area contributed by atoms with Gasteiger partial charge in [0.2, 0.25) is 6.79 Å². The highest BCUT2D eigenvalue weighted by molar-refractivity contribution is 6.07. The minimum atomic E-state index is -0.324. The Morgan fingerprint density at radius 1 is 1.00 bits per heavy atom. The van der Waals surface area contributed by atoms with Crippen LogP contribution in [0.4, 0.5) is 16.2 Å². The Bertz CT molecular complexity index is 1180. The molecule has 0 saturated heterocycles. The number of rotatable bonds is 4. The Hall–Kier alpha value is -4.00. The summed E-state index contributed by atoms with van der Waals surface area (Å²) in [6.45, 7) is 2.58. The van der Waals surface area contributed by atoms with E-state index in [2.05, 4.69) is 17.6 Å². The van der Waals surface area contributed by atoms with Gasteiger partial charge in [-0.05, 0) is 54.8 Å². The van der Waals surface area contributed by atoms with Gasteiger partial charge in [-0.15, -0.1) is 0 Å². The van der Waals surface area contributed by atoms with Gasteiger partial charge in [-0.2, -0.15) is 0 Å². The first-order chi connectivity index (χ1) is 15.6. The third kappa shape index (κ3) is 3.85. The predicted molar refractivity (Wildman–Crippen MR) is 121 cm³/mol. The molecule has 2 aliphatic heterocycles. The van der Waals surface area contributed by atoms with E-state index in [1.54, 1.807) is 18.2 Å². The third-order valence-electron chi connectivity index (χ3n) is 5.69. The van der Waals surface area contributed by atoms with Gasteiger partial charge in [-0.3, -0.25) is 4.79 Å². The van der Waals surface area contributed by atoms with Crippen molar-refractivity contribution in [1.29, 1.82) is 0 Å². The molecule has 0 saturated carbocycles. The minimum absolute atomic E-state index is 0.0116. The van der Waals surface area contributed by atoms with Crippen LogP contribution in [0.1, 0.15) is 28.4 Å². The SMILES string of the molecule is C[C@H]1Cc2ccc(CNC(=O)Nc3ccc4c(c3)OCO4)cc2N1C(=O)c1ccccc1. The molecule has 0 aliphatic carbocycles. The Balaban J connectivity index is 1.26. The number of nitrogens with one attached hydrogen (secondary N) is 2. The van der Waals surface area contributed by atoms with Crippen LogP contribution >= 0.6 is 0 Å². The molecular weight excluding hydrogens is 406 g/mol. The van der Waals surface area contributed by atoms with E-state index in [4.69, 9.17) is 9.47 Å². The molecule has 0 bridgehead atoms. The lowest BCUT2D eigenvalue weighted by molar-refractivity contribution is 0.0981. The van der Waals surface area contributed by atoms with E-state index >= 15 is 0 Å². The number of fused-ring (bicyclic) bond motifs is 2. The molecule has 5 rings (SSSR count). The maximum Gasteiger partial charge on any atom is 0.319 e. The maximum absolute atomic E-state index is 13.1. The molecule has 0 unspecified atom stereocenters. The first-order valence-electron chi connectivity index (χ1n) is 10.5. The standard InChI is InChI=1S/C25H23N3O4/c1-16-11-19-8-7-17(12-21(19)28(16)24(29)18-5-3-2-4-6-18)14-26-25(30)27-20-9-10-22-23(13-20)32-15-31-22/h2-10,12-13,16H,11,14-15H2,1H3,(H2,26,27,30)/t16-/m0/s1. The summed E-state index contributed by atoms with van der Waals surface area (Å²) < 4.78 is 10.6. The van der Waals surface area contributed by atoms with Crippen LogP contribution in [0.3, 0.4) is 0 Å². The molecule has 0 fully saturated rings. The smallest absolute Gasteiger partial charge is 0.319 e. The van der Waals surface area contributed by atoms with Crippen LogP contribution in [-0.2, 0) is 13.0 Å². The van der Waals surface area contributed by atoms with E-state index in [0.717, 1.165) is 23.2 Å². The molecular formula is C25H23N3O4. The van der Waals surface area contributed by atoms with Crippen molar-refractivity contribution in [1.82, 2.24) is 5.32 Å². The van der Waals surface area contributed by atoms with Crippen molar-refractivity contribution >= 4 is 23.3 Å². The highest BCUT2D eigenvalue weighted by Gasteiger charge is 2.31. The Morgan fingerprint density at radius 2 is 1.81 bits per heavy atom. The van der Waals surface area contributed by atoms with Gasteiger partial charge >= 0.3 is 6.03 Å². The Kier molecular flexibility index (Phi) is 5.15. The number of urea groups is 1. The van der Waals surface area contributed by atoms with Crippen molar-refractivity contribution in [2.75, 3.05) is 17.0 Å². The molecule has 0 spiro atoms. The average molecular weight is 429 g/mol. The summed E-state index contributed by atoms with van der Waals surface area (Å²) in [5.41, 5.74) is 4.25. The maximum atomic E-state index is 13.1. The highest BCUT2D eigenvalue weighted by atomic mass is 16.7. The van der Waals surface area contributed by atoms with Crippen molar-refractivity contribution in [2.45, 2.75) is 25.9 Å². The van der Waals surface area contributed by atoms with Crippen LogP contribution in [0.2, 0.25) is 0 Å². The normalized spacial score (nSPS) is 15.9. The van der Waals surface area contributed by atoms with Crippen LogP contribution in [-0.4, -0.2) is 24.8 Å². The van der Waals surface area contributed by atoms with E-state index < -0.39 is 0 Å². The molecule has 2 heterocycles. The topological polar surface area (TPSA) is 79.9 Å². The van der Waals surface area contributed by atoms with Crippen molar-refractivity contribution < 1.29 is 19.1 Å². The largest absolute Gasteiger partial charge is 0.454 e. The van der Waals surface area contributed by atoms with Crippen LogP contribution in [0.15, 0.2) is 66.7 Å². The molecule has 7 heteroatoms. The number of carbonyl (C=O) groups is 2. The molecule has 3 amide bonds. The van der Waals surface area contributed by atoms with Gasteiger partial charge in [0, 0.05) is 35.6 Å². The number of benzene rings is 3. The van der Waals surface area contributed by atoms with Gasteiger partial charge in [0.05, 0.1) is 0 Å². The van der Waals surface area contributed by atoms with Crippen molar-refractivity contribution in [2.24, 2.45) is 0 Å². The highest BCUT2D eigenvalue weighted by Crippen LogP contribution is 2.35. The van der Waals surface area contributed by atoms with Crippen molar-refractivity contribution in [3.8, 4) is 11.5 Å². The Morgan fingerprint density at radius 3 is 2.66 bits per heavy atom. The summed E-state index contributed by atoms with van der Waals surface area (Å²) >= 11 is 0. The summed E-state index contributed by atoms with van der Waals surface area (Å²) in [6.07, 6.45) is 0.812. The lowest BCUT2D eigenvalue weighted by Gasteiger charge is -2.23. The second-order valence-corrected chi connectivity index (χ2v) is 7.93.